The number of aromatic nitrogens is 2. The normalized spacial score (nSPS) is 18.8. The van der Waals surface area contributed by atoms with E-state index in [-0.39, 0.29) is 47.1 Å². The number of nitrogens with one attached hydrogen (secondary N) is 2. The van der Waals surface area contributed by atoms with Crippen LogP contribution in [-0.4, -0.2) is 40.8 Å². The summed E-state index contributed by atoms with van der Waals surface area (Å²) in [4.78, 5) is 16.7. The Labute approximate surface area is 182 Å². The summed E-state index contributed by atoms with van der Waals surface area (Å²) in [5, 5.41) is 5.66. The summed E-state index contributed by atoms with van der Waals surface area (Å²) in [7, 11) is 0. The second-order valence-electron chi connectivity index (χ2n) is 7.00. The van der Waals surface area contributed by atoms with E-state index < -0.39 is 29.8 Å². The van der Waals surface area contributed by atoms with Gasteiger partial charge in [-0.25, -0.2) is 18.2 Å². The average Bonchev–Trinajstić information content (AvgIpc) is 3.07. The van der Waals surface area contributed by atoms with Crippen LogP contribution in [-0.2, 0) is 6.54 Å². The highest BCUT2D eigenvalue weighted by Crippen LogP contribution is 2.28. The topological polar surface area (TPSA) is 59.0 Å². The van der Waals surface area contributed by atoms with E-state index in [9.17, 15) is 18.0 Å². The van der Waals surface area contributed by atoms with Gasteiger partial charge in [0.2, 0.25) is 0 Å². The molecule has 0 radical (unpaired) electrons. The Kier molecular flexibility index (Phi) is 6.90. The summed E-state index contributed by atoms with van der Waals surface area (Å²) in [5.74, 6) is -2.02. The Balaban J connectivity index is 0.00000256. The van der Waals surface area contributed by atoms with Gasteiger partial charge in [0.05, 0.1) is 22.5 Å². The second kappa shape index (κ2) is 9.24. The number of fused-ring (bicyclic) bond motifs is 1. The fraction of sp³-hybridized carbons (Fsp3) is 0.300. The van der Waals surface area contributed by atoms with E-state index in [1.807, 2.05) is 0 Å². The van der Waals surface area contributed by atoms with Crippen molar-refractivity contribution in [1.82, 2.24) is 20.2 Å². The monoisotopic (exact) mass is 458 g/mol. The second-order valence-corrected chi connectivity index (χ2v) is 7.39. The van der Waals surface area contributed by atoms with Crippen molar-refractivity contribution in [3.8, 4) is 0 Å². The van der Waals surface area contributed by atoms with E-state index in [1.54, 1.807) is 12.1 Å². The molecule has 5 nitrogen and oxygen atoms in total. The van der Waals surface area contributed by atoms with Gasteiger partial charge in [-0.05, 0) is 42.8 Å². The molecule has 0 spiro atoms. The lowest BCUT2D eigenvalue weighted by Crippen LogP contribution is -2.50. The molecule has 4 rings (SSSR count). The maximum Gasteiger partial charge on any atom is 0.253 e. The molecule has 1 aromatic carbocycles. The van der Waals surface area contributed by atoms with Gasteiger partial charge in [-0.1, -0.05) is 11.6 Å². The summed E-state index contributed by atoms with van der Waals surface area (Å²) in [6, 6.07) is 4.60. The van der Waals surface area contributed by atoms with Crippen LogP contribution in [0.2, 0.25) is 5.15 Å². The van der Waals surface area contributed by atoms with Crippen molar-refractivity contribution >= 4 is 40.8 Å². The van der Waals surface area contributed by atoms with Crippen LogP contribution < -0.4 is 10.6 Å². The molecule has 3 aromatic rings. The molecule has 1 amide bonds. The predicted molar refractivity (Wildman–Crippen MR) is 111 cm³/mol. The maximum atomic E-state index is 14.6. The standard InChI is InChI=1S/C20H18ClF3N4O.ClH/c21-17-7-11(3-6-26-17)9-28-10-12(18-13(22)1-2-14(23)19(18)28)20(29)27-16-4-5-25-8-15(16)24;/h1-3,6-7,10,15-16,25H,4-5,8-9H2,(H,27,29);1H. The SMILES string of the molecule is Cl.O=C(NC1CCNCC1F)c1cn(Cc2ccnc(Cl)c2)c2c(F)ccc(F)c12. The molecule has 160 valence electrons. The quantitative estimate of drug-likeness (QED) is 0.583. The lowest BCUT2D eigenvalue weighted by molar-refractivity contribution is 0.0893. The number of benzene rings is 1. The third-order valence-corrected chi connectivity index (χ3v) is 5.24. The van der Waals surface area contributed by atoms with Crippen molar-refractivity contribution in [3.63, 3.8) is 0 Å². The van der Waals surface area contributed by atoms with Gasteiger partial charge in [0.1, 0.15) is 23.0 Å². The molecule has 1 saturated heterocycles. The van der Waals surface area contributed by atoms with Crippen LogP contribution in [0.1, 0.15) is 22.3 Å². The molecule has 2 aromatic heterocycles. The molecule has 0 saturated carbocycles. The van der Waals surface area contributed by atoms with Gasteiger partial charge in [0, 0.05) is 25.5 Å². The van der Waals surface area contributed by atoms with E-state index in [2.05, 4.69) is 15.6 Å². The summed E-state index contributed by atoms with van der Waals surface area (Å²) < 4.78 is 44.7. The van der Waals surface area contributed by atoms with Gasteiger partial charge in [-0.15, -0.1) is 12.4 Å². The number of rotatable bonds is 4. The van der Waals surface area contributed by atoms with Crippen molar-refractivity contribution < 1.29 is 18.0 Å². The molecule has 1 aliphatic rings. The number of pyridine rings is 1. The number of carbonyl (C=O) groups excluding carboxylic acids is 1. The average molecular weight is 459 g/mol. The Hall–Kier alpha value is -2.29. The Morgan fingerprint density at radius 1 is 1.30 bits per heavy atom. The van der Waals surface area contributed by atoms with Crippen LogP contribution in [0.25, 0.3) is 10.9 Å². The van der Waals surface area contributed by atoms with Crippen LogP contribution in [0.3, 0.4) is 0 Å². The third kappa shape index (κ3) is 4.40. The molecule has 0 bridgehead atoms. The van der Waals surface area contributed by atoms with Crippen LogP contribution in [0.4, 0.5) is 13.2 Å². The van der Waals surface area contributed by atoms with E-state index >= 15 is 0 Å². The van der Waals surface area contributed by atoms with Crippen LogP contribution in [0.5, 0.6) is 0 Å². The largest absolute Gasteiger partial charge is 0.346 e. The van der Waals surface area contributed by atoms with Gasteiger partial charge in [-0.3, -0.25) is 4.79 Å². The van der Waals surface area contributed by atoms with Crippen LogP contribution >= 0.6 is 24.0 Å². The minimum Gasteiger partial charge on any atom is -0.346 e. The van der Waals surface area contributed by atoms with E-state index in [4.69, 9.17) is 11.6 Å². The van der Waals surface area contributed by atoms with Crippen molar-refractivity contribution in [3.05, 3.63) is 64.6 Å². The molecule has 3 heterocycles. The lowest BCUT2D eigenvalue weighted by atomic mass is 10.0. The molecule has 30 heavy (non-hydrogen) atoms. The first kappa shape index (κ1) is 22.4. The highest BCUT2D eigenvalue weighted by molar-refractivity contribution is 6.29. The highest BCUT2D eigenvalue weighted by atomic mass is 35.5. The van der Waals surface area contributed by atoms with Crippen molar-refractivity contribution in [2.75, 3.05) is 13.1 Å². The fourth-order valence-electron chi connectivity index (χ4n) is 3.63. The van der Waals surface area contributed by atoms with Gasteiger partial charge < -0.3 is 15.2 Å². The number of nitrogens with zero attached hydrogens (tertiary/aromatic N) is 2. The van der Waals surface area contributed by atoms with Gasteiger partial charge in [0.15, 0.2) is 0 Å². The van der Waals surface area contributed by atoms with Gasteiger partial charge in [-0.2, -0.15) is 0 Å². The molecule has 2 atom stereocenters. The van der Waals surface area contributed by atoms with E-state index in [0.29, 0.717) is 18.5 Å². The molecular formula is C20H19Cl2F3N4O. The van der Waals surface area contributed by atoms with Crippen LogP contribution in [0.15, 0.2) is 36.7 Å². The van der Waals surface area contributed by atoms with Gasteiger partial charge >= 0.3 is 0 Å². The summed E-state index contributed by atoms with van der Waals surface area (Å²) in [6.45, 7) is 0.864. The molecule has 2 N–H and O–H groups in total. The van der Waals surface area contributed by atoms with Crippen molar-refractivity contribution in [2.24, 2.45) is 0 Å². The first-order valence-electron chi connectivity index (χ1n) is 9.17. The zero-order chi connectivity index (χ0) is 20.5. The van der Waals surface area contributed by atoms with Crippen molar-refractivity contribution in [2.45, 2.75) is 25.2 Å². The summed E-state index contributed by atoms with van der Waals surface area (Å²) >= 11 is 5.90. The molecule has 1 aliphatic heterocycles. The summed E-state index contributed by atoms with van der Waals surface area (Å²) in [5.41, 5.74) is 0.632. The molecule has 0 aliphatic carbocycles. The number of hydrogen-bond donors (Lipinski definition) is 2. The Bertz CT molecular complexity index is 1080. The number of hydrogen-bond acceptors (Lipinski definition) is 3. The zero-order valence-electron chi connectivity index (χ0n) is 15.7. The smallest absolute Gasteiger partial charge is 0.253 e. The van der Waals surface area contributed by atoms with Crippen LogP contribution in [0, 0.1) is 11.6 Å². The molecule has 1 fully saturated rings. The zero-order valence-corrected chi connectivity index (χ0v) is 17.2. The Morgan fingerprint density at radius 3 is 2.80 bits per heavy atom. The summed E-state index contributed by atoms with van der Waals surface area (Å²) in [6.07, 6.45) is 2.06. The van der Waals surface area contributed by atoms with E-state index in [1.165, 1.54) is 17.0 Å². The van der Waals surface area contributed by atoms with Crippen molar-refractivity contribution in [1.29, 1.82) is 0 Å². The molecule has 10 heteroatoms. The first-order chi connectivity index (χ1) is 13.9. The third-order valence-electron chi connectivity index (χ3n) is 5.03. The number of amides is 1. The number of alkyl halides is 1. The number of piperidine rings is 1. The predicted octanol–water partition coefficient (Wildman–Crippen LogP) is 3.87. The maximum absolute atomic E-state index is 14.6. The lowest BCUT2D eigenvalue weighted by Gasteiger charge is -2.27. The Morgan fingerprint density at radius 2 is 2.07 bits per heavy atom. The number of halogens is 5. The fourth-order valence-corrected chi connectivity index (χ4v) is 3.82. The highest BCUT2D eigenvalue weighted by Gasteiger charge is 2.28. The minimum atomic E-state index is -1.25. The molecular weight excluding hydrogens is 440 g/mol. The molecule has 2 unspecified atom stereocenters. The first-order valence-corrected chi connectivity index (χ1v) is 9.54. The number of carbonyl (C=O) groups is 1. The van der Waals surface area contributed by atoms with E-state index in [0.717, 1.165) is 12.1 Å². The van der Waals surface area contributed by atoms with Gasteiger partial charge in [0.25, 0.3) is 5.91 Å². The minimum absolute atomic E-state index is 0.